The number of hydrogen-bond donors (Lipinski definition) is 1. The molecule has 1 saturated heterocycles. The fraction of sp³-hybridized carbons (Fsp3) is 0.500. The average Bonchev–Trinajstić information content (AvgIpc) is 2.77. The lowest BCUT2D eigenvalue weighted by atomic mass is 10.1. The summed E-state index contributed by atoms with van der Waals surface area (Å²) in [6.45, 7) is 1.97. The molecule has 0 amide bonds. The Hall–Kier alpha value is -1.43. The number of aliphatic hydroxyl groups is 1. The molecule has 1 unspecified atom stereocenters. The summed E-state index contributed by atoms with van der Waals surface area (Å²) in [6, 6.07) is 7.11. The van der Waals surface area contributed by atoms with Gasteiger partial charge < -0.3 is 19.3 Å². The molecule has 1 N–H and O–H groups in total. The summed E-state index contributed by atoms with van der Waals surface area (Å²) in [5.74, 6) is -0.420. The predicted molar refractivity (Wildman–Crippen MR) is 67.8 cm³/mol. The number of rotatable bonds is 4. The highest BCUT2D eigenvalue weighted by Gasteiger charge is 2.34. The third kappa shape index (κ3) is 3.53. The molecule has 1 fully saturated rings. The first-order chi connectivity index (χ1) is 9.10. The largest absolute Gasteiger partial charge is 0.459 e. The quantitative estimate of drug-likeness (QED) is 0.831. The van der Waals surface area contributed by atoms with E-state index in [-0.39, 0.29) is 6.61 Å². The number of aryl methyl sites for hydroxylation is 1. The van der Waals surface area contributed by atoms with Crippen LogP contribution in [0.4, 0.5) is 0 Å². The molecule has 1 aromatic rings. The third-order valence-electron chi connectivity index (χ3n) is 3.12. The lowest BCUT2D eigenvalue weighted by Crippen LogP contribution is -2.28. The Morgan fingerprint density at radius 3 is 2.68 bits per heavy atom. The first kappa shape index (κ1) is 14.0. The van der Waals surface area contributed by atoms with Gasteiger partial charge in [-0.3, -0.25) is 0 Å². The second-order valence-corrected chi connectivity index (χ2v) is 4.61. The van der Waals surface area contributed by atoms with Crippen LogP contribution in [0.15, 0.2) is 24.3 Å². The highest BCUT2D eigenvalue weighted by atomic mass is 16.7. The van der Waals surface area contributed by atoms with Gasteiger partial charge in [0.2, 0.25) is 0 Å². The summed E-state index contributed by atoms with van der Waals surface area (Å²) >= 11 is 0. The molecule has 2 rings (SSSR count). The van der Waals surface area contributed by atoms with Gasteiger partial charge in [-0.25, -0.2) is 4.79 Å². The molecule has 1 heterocycles. The number of esters is 1. The van der Waals surface area contributed by atoms with Crippen molar-refractivity contribution in [2.75, 3.05) is 13.7 Å². The van der Waals surface area contributed by atoms with Crippen molar-refractivity contribution in [1.82, 2.24) is 0 Å². The molecule has 3 atom stereocenters. The lowest BCUT2D eigenvalue weighted by Gasteiger charge is -2.14. The number of ether oxygens (including phenoxy) is 3. The van der Waals surface area contributed by atoms with Crippen LogP contribution in [0.3, 0.4) is 0 Å². The van der Waals surface area contributed by atoms with Crippen LogP contribution in [-0.4, -0.2) is 43.3 Å². The van der Waals surface area contributed by atoms with Gasteiger partial charge in [0.15, 0.2) is 6.29 Å². The highest BCUT2D eigenvalue weighted by Crippen LogP contribution is 2.21. The smallest absolute Gasteiger partial charge is 0.338 e. The Balaban J connectivity index is 1.85. The zero-order valence-electron chi connectivity index (χ0n) is 11.0. The SMILES string of the molecule is COC1C[C@H](O)[C@H](COC(=O)c2ccc(C)cc2)O1. The second-order valence-electron chi connectivity index (χ2n) is 4.61. The predicted octanol–water partition coefficient (Wildman–Crippen LogP) is 1.27. The summed E-state index contributed by atoms with van der Waals surface area (Å²) < 4.78 is 15.5. The topological polar surface area (TPSA) is 65.0 Å². The van der Waals surface area contributed by atoms with Gasteiger partial charge >= 0.3 is 5.97 Å². The maximum Gasteiger partial charge on any atom is 0.338 e. The van der Waals surface area contributed by atoms with E-state index in [0.29, 0.717) is 12.0 Å². The number of carbonyl (C=O) groups excluding carboxylic acids is 1. The van der Waals surface area contributed by atoms with Gasteiger partial charge in [-0.1, -0.05) is 17.7 Å². The van der Waals surface area contributed by atoms with Gasteiger partial charge in [-0.15, -0.1) is 0 Å². The van der Waals surface area contributed by atoms with Crippen molar-refractivity contribution in [1.29, 1.82) is 0 Å². The van der Waals surface area contributed by atoms with Crippen LogP contribution in [0.25, 0.3) is 0 Å². The van der Waals surface area contributed by atoms with Crippen molar-refractivity contribution in [3.05, 3.63) is 35.4 Å². The summed E-state index contributed by atoms with van der Waals surface area (Å²) in [5.41, 5.74) is 1.57. The van der Waals surface area contributed by atoms with Crippen LogP contribution in [0, 0.1) is 6.92 Å². The Bertz CT molecular complexity index is 428. The van der Waals surface area contributed by atoms with Crippen LogP contribution in [0.2, 0.25) is 0 Å². The number of carbonyl (C=O) groups is 1. The zero-order chi connectivity index (χ0) is 13.8. The summed E-state index contributed by atoms with van der Waals surface area (Å²) in [7, 11) is 1.51. The van der Waals surface area contributed by atoms with Crippen LogP contribution < -0.4 is 0 Å². The fourth-order valence-corrected chi connectivity index (χ4v) is 1.92. The molecule has 1 aromatic carbocycles. The lowest BCUT2D eigenvalue weighted by molar-refractivity contribution is -0.128. The average molecular weight is 266 g/mol. The van der Waals surface area contributed by atoms with Gasteiger partial charge in [-0.05, 0) is 19.1 Å². The molecule has 0 aliphatic carbocycles. The Morgan fingerprint density at radius 2 is 2.11 bits per heavy atom. The van der Waals surface area contributed by atoms with Crippen molar-refractivity contribution >= 4 is 5.97 Å². The van der Waals surface area contributed by atoms with E-state index in [1.165, 1.54) is 7.11 Å². The van der Waals surface area contributed by atoms with E-state index >= 15 is 0 Å². The molecule has 104 valence electrons. The standard InChI is InChI=1S/C14H18O5/c1-9-3-5-10(6-4-9)14(16)18-8-12-11(15)7-13(17-2)19-12/h3-6,11-13,15H,7-8H2,1-2H3/t11-,12-,13?/m0/s1. The second kappa shape index (κ2) is 6.14. The van der Waals surface area contributed by atoms with E-state index in [4.69, 9.17) is 14.2 Å². The van der Waals surface area contributed by atoms with Gasteiger partial charge in [0.05, 0.1) is 11.7 Å². The number of aliphatic hydroxyl groups excluding tert-OH is 1. The first-order valence-electron chi connectivity index (χ1n) is 6.20. The molecule has 19 heavy (non-hydrogen) atoms. The molecule has 5 heteroatoms. The molecule has 0 spiro atoms. The molecule has 0 bridgehead atoms. The third-order valence-corrected chi connectivity index (χ3v) is 3.12. The normalized spacial score (nSPS) is 26.4. The molecule has 0 aromatic heterocycles. The maximum atomic E-state index is 11.8. The number of benzene rings is 1. The van der Waals surface area contributed by atoms with E-state index in [1.54, 1.807) is 12.1 Å². The van der Waals surface area contributed by atoms with Crippen LogP contribution in [-0.2, 0) is 14.2 Å². The minimum atomic E-state index is -0.671. The molecule has 1 aliphatic heterocycles. The van der Waals surface area contributed by atoms with E-state index in [1.807, 2.05) is 19.1 Å². The number of methoxy groups -OCH3 is 1. The molecule has 5 nitrogen and oxygen atoms in total. The molecule has 0 radical (unpaired) electrons. The first-order valence-corrected chi connectivity index (χ1v) is 6.20. The van der Waals surface area contributed by atoms with Crippen molar-refractivity contribution in [2.45, 2.75) is 31.8 Å². The van der Waals surface area contributed by atoms with Crippen molar-refractivity contribution in [3.63, 3.8) is 0 Å². The monoisotopic (exact) mass is 266 g/mol. The molecule has 1 aliphatic rings. The zero-order valence-corrected chi connectivity index (χ0v) is 11.0. The molecular formula is C14H18O5. The van der Waals surface area contributed by atoms with Crippen LogP contribution in [0.5, 0.6) is 0 Å². The minimum absolute atomic E-state index is 0.0216. The maximum absolute atomic E-state index is 11.8. The van der Waals surface area contributed by atoms with Crippen molar-refractivity contribution in [2.24, 2.45) is 0 Å². The number of hydrogen-bond acceptors (Lipinski definition) is 5. The fourth-order valence-electron chi connectivity index (χ4n) is 1.92. The van der Waals surface area contributed by atoms with Gasteiger partial charge in [0.1, 0.15) is 12.7 Å². The van der Waals surface area contributed by atoms with Crippen molar-refractivity contribution in [3.8, 4) is 0 Å². The van der Waals surface area contributed by atoms with E-state index in [9.17, 15) is 9.90 Å². The summed E-state index contributed by atoms with van der Waals surface area (Å²) in [6.07, 6.45) is -1.24. The van der Waals surface area contributed by atoms with E-state index in [2.05, 4.69) is 0 Å². The van der Waals surface area contributed by atoms with Crippen LogP contribution in [0.1, 0.15) is 22.3 Å². The highest BCUT2D eigenvalue weighted by molar-refractivity contribution is 5.89. The van der Waals surface area contributed by atoms with E-state index < -0.39 is 24.5 Å². The van der Waals surface area contributed by atoms with Gasteiger partial charge in [0, 0.05) is 13.5 Å². The van der Waals surface area contributed by atoms with Crippen LogP contribution >= 0.6 is 0 Å². The van der Waals surface area contributed by atoms with E-state index in [0.717, 1.165) is 5.56 Å². The minimum Gasteiger partial charge on any atom is -0.459 e. The molecular weight excluding hydrogens is 248 g/mol. The van der Waals surface area contributed by atoms with Crippen molar-refractivity contribution < 1.29 is 24.1 Å². The Kier molecular flexibility index (Phi) is 4.52. The Morgan fingerprint density at radius 1 is 1.42 bits per heavy atom. The summed E-state index contributed by atoms with van der Waals surface area (Å²) in [5, 5.41) is 9.71. The molecule has 0 saturated carbocycles. The summed E-state index contributed by atoms with van der Waals surface area (Å²) in [4.78, 5) is 11.8. The Labute approximate surface area is 112 Å². The van der Waals surface area contributed by atoms with Gasteiger partial charge in [0.25, 0.3) is 0 Å². The van der Waals surface area contributed by atoms with Gasteiger partial charge in [-0.2, -0.15) is 0 Å².